The van der Waals surface area contributed by atoms with E-state index in [0.717, 1.165) is 0 Å². The molecular formula is C18H16ClNO5. The number of anilines is 1. The largest absolute Gasteiger partial charge is 0.496 e. The van der Waals surface area contributed by atoms with E-state index in [0.29, 0.717) is 46.4 Å². The Morgan fingerprint density at radius 2 is 1.96 bits per heavy atom. The number of nitrogens with one attached hydrogen (secondary N) is 1. The highest BCUT2D eigenvalue weighted by atomic mass is 35.5. The second-order valence-corrected chi connectivity index (χ2v) is 6.32. The predicted octanol–water partition coefficient (Wildman–Crippen LogP) is 2.58. The zero-order chi connectivity index (χ0) is 17.6. The molecule has 1 unspecified atom stereocenters. The summed E-state index contributed by atoms with van der Waals surface area (Å²) in [5.74, 6) is -0.180. The van der Waals surface area contributed by atoms with Gasteiger partial charge in [0.1, 0.15) is 5.75 Å². The fourth-order valence-electron chi connectivity index (χ4n) is 3.23. The van der Waals surface area contributed by atoms with Crippen LogP contribution in [0.25, 0.3) is 0 Å². The molecule has 4 rings (SSSR count). The van der Waals surface area contributed by atoms with Crippen molar-refractivity contribution < 1.29 is 24.1 Å². The first-order chi connectivity index (χ1) is 12.0. The molecule has 0 aromatic heterocycles. The van der Waals surface area contributed by atoms with Gasteiger partial charge in [-0.05, 0) is 30.3 Å². The summed E-state index contributed by atoms with van der Waals surface area (Å²) in [5.41, 5.74) is -0.0123. The normalized spacial score (nSPS) is 22.8. The van der Waals surface area contributed by atoms with E-state index in [1.165, 1.54) is 7.11 Å². The number of hydrogen-bond donors (Lipinski definition) is 2. The topological polar surface area (TPSA) is 77.0 Å². The highest BCUT2D eigenvalue weighted by molar-refractivity contribution is 6.31. The Bertz CT molecular complexity index is 849. The van der Waals surface area contributed by atoms with Crippen molar-refractivity contribution in [3.8, 4) is 5.75 Å². The minimum absolute atomic E-state index is 0.310. The number of carbonyl (C=O) groups is 1. The van der Waals surface area contributed by atoms with E-state index >= 15 is 0 Å². The monoisotopic (exact) mass is 361 g/mol. The Balaban J connectivity index is 1.89. The molecule has 1 amide bonds. The van der Waals surface area contributed by atoms with E-state index < -0.39 is 17.8 Å². The van der Waals surface area contributed by atoms with E-state index in [9.17, 15) is 9.90 Å². The van der Waals surface area contributed by atoms with Gasteiger partial charge < -0.3 is 24.6 Å². The lowest BCUT2D eigenvalue weighted by Gasteiger charge is -2.25. The Morgan fingerprint density at radius 3 is 2.68 bits per heavy atom. The van der Waals surface area contributed by atoms with Gasteiger partial charge in [-0.15, -0.1) is 0 Å². The molecule has 0 bridgehead atoms. The van der Waals surface area contributed by atoms with Crippen LogP contribution in [0.5, 0.6) is 5.75 Å². The van der Waals surface area contributed by atoms with Crippen molar-refractivity contribution in [1.29, 1.82) is 0 Å². The second-order valence-electron chi connectivity index (χ2n) is 5.89. The summed E-state index contributed by atoms with van der Waals surface area (Å²) in [5, 5.41) is 14.5. The first kappa shape index (κ1) is 16.4. The summed E-state index contributed by atoms with van der Waals surface area (Å²) in [7, 11) is 1.48. The van der Waals surface area contributed by atoms with E-state index in [4.69, 9.17) is 25.8 Å². The second kappa shape index (κ2) is 6.00. The zero-order valence-corrected chi connectivity index (χ0v) is 14.2. The highest BCUT2D eigenvalue weighted by Crippen LogP contribution is 2.45. The number of methoxy groups -OCH3 is 1. The van der Waals surface area contributed by atoms with Crippen LogP contribution in [-0.2, 0) is 19.9 Å². The Labute approximate surface area is 149 Å². The molecule has 1 fully saturated rings. The van der Waals surface area contributed by atoms with Crippen LogP contribution < -0.4 is 10.1 Å². The maximum Gasteiger partial charge on any atom is 0.266 e. The van der Waals surface area contributed by atoms with Crippen molar-refractivity contribution in [3.63, 3.8) is 0 Å². The quantitative estimate of drug-likeness (QED) is 0.878. The number of ether oxygens (including phenoxy) is 3. The molecule has 0 saturated carbocycles. The molecule has 0 radical (unpaired) electrons. The third-order valence-corrected chi connectivity index (χ3v) is 4.69. The number of hydrogen-bond acceptors (Lipinski definition) is 5. The lowest BCUT2D eigenvalue weighted by molar-refractivity contribution is -0.129. The molecule has 25 heavy (non-hydrogen) atoms. The Morgan fingerprint density at radius 1 is 1.20 bits per heavy atom. The van der Waals surface area contributed by atoms with Crippen LogP contribution in [0.1, 0.15) is 23.0 Å². The summed E-state index contributed by atoms with van der Waals surface area (Å²) in [6.07, 6.45) is -0.531. The Kier molecular flexibility index (Phi) is 3.92. The van der Waals surface area contributed by atoms with Crippen LogP contribution in [0.3, 0.4) is 0 Å². The molecule has 1 atom stereocenters. The fraction of sp³-hybridized carbons (Fsp3) is 0.278. The first-order valence-electron chi connectivity index (χ1n) is 7.79. The minimum Gasteiger partial charge on any atom is -0.496 e. The number of amides is 1. The van der Waals surface area contributed by atoms with Gasteiger partial charge in [0.25, 0.3) is 5.91 Å². The van der Waals surface area contributed by atoms with Gasteiger partial charge in [0, 0.05) is 27.4 Å². The van der Waals surface area contributed by atoms with Crippen LogP contribution in [0.2, 0.25) is 5.02 Å². The molecule has 7 heteroatoms. The SMILES string of the molecule is COc1ccc(C2OCCO2)cc1C1(O)C(=O)Nc2ccc(Cl)cc21. The van der Waals surface area contributed by atoms with E-state index in [2.05, 4.69) is 5.32 Å². The minimum atomic E-state index is -1.92. The van der Waals surface area contributed by atoms with Crippen LogP contribution in [0.15, 0.2) is 36.4 Å². The molecule has 2 aliphatic rings. The molecule has 2 aromatic carbocycles. The first-order valence-corrected chi connectivity index (χ1v) is 8.17. The van der Waals surface area contributed by atoms with E-state index in [-0.39, 0.29) is 0 Å². The van der Waals surface area contributed by atoms with Gasteiger partial charge >= 0.3 is 0 Å². The van der Waals surface area contributed by atoms with Gasteiger partial charge in [0.15, 0.2) is 11.9 Å². The molecule has 6 nitrogen and oxygen atoms in total. The Hall–Kier alpha value is -2.12. The van der Waals surface area contributed by atoms with Crippen LogP contribution in [0, 0.1) is 0 Å². The van der Waals surface area contributed by atoms with Gasteiger partial charge in [-0.3, -0.25) is 4.79 Å². The molecule has 2 aliphatic heterocycles. The standard InChI is InChI=1S/C18H16ClNO5/c1-23-15-5-2-10(16-24-6-7-25-16)8-13(15)18(22)12-9-11(19)3-4-14(12)20-17(18)21/h2-5,8-9,16,22H,6-7H2,1H3,(H,20,21). The average Bonchev–Trinajstić information content (AvgIpc) is 3.23. The maximum absolute atomic E-state index is 12.6. The van der Waals surface area contributed by atoms with E-state index in [1.807, 2.05) is 0 Å². The smallest absolute Gasteiger partial charge is 0.266 e. The zero-order valence-electron chi connectivity index (χ0n) is 13.4. The molecular weight excluding hydrogens is 346 g/mol. The summed E-state index contributed by atoms with van der Waals surface area (Å²) in [6, 6.07) is 10.0. The van der Waals surface area contributed by atoms with Gasteiger partial charge in [-0.1, -0.05) is 17.7 Å². The van der Waals surface area contributed by atoms with Gasteiger partial charge in [-0.2, -0.15) is 0 Å². The number of benzene rings is 2. The van der Waals surface area contributed by atoms with Crippen molar-refractivity contribution in [3.05, 3.63) is 58.1 Å². The average molecular weight is 362 g/mol. The third-order valence-electron chi connectivity index (χ3n) is 4.46. The highest BCUT2D eigenvalue weighted by Gasteiger charge is 2.49. The number of rotatable bonds is 3. The molecule has 0 aliphatic carbocycles. The van der Waals surface area contributed by atoms with Crippen molar-refractivity contribution in [2.24, 2.45) is 0 Å². The van der Waals surface area contributed by atoms with Crippen LogP contribution in [-0.4, -0.2) is 31.3 Å². The van der Waals surface area contributed by atoms with Crippen molar-refractivity contribution in [2.75, 3.05) is 25.6 Å². The maximum atomic E-state index is 12.6. The molecule has 2 N–H and O–H groups in total. The summed E-state index contributed by atoms with van der Waals surface area (Å²) in [6.45, 7) is 0.991. The van der Waals surface area contributed by atoms with Crippen LogP contribution in [0.4, 0.5) is 5.69 Å². The van der Waals surface area contributed by atoms with Crippen molar-refractivity contribution >= 4 is 23.2 Å². The van der Waals surface area contributed by atoms with E-state index in [1.54, 1.807) is 36.4 Å². The predicted molar refractivity (Wildman–Crippen MR) is 90.7 cm³/mol. The summed E-state index contributed by atoms with van der Waals surface area (Å²) >= 11 is 6.07. The number of halogens is 1. The summed E-state index contributed by atoms with van der Waals surface area (Å²) in [4.78, 5) is 12.6. The van der Waals surface area contributed by atoms with Gasteiger partial charge in [0.2, 0.25) is 0 Å². The van der Waals surface area contributed by atoms with Gasteiger partial charge in [-0.25, -0.2) is 0 Å². The molecule has 130 valence electrons. The number of fused-ring (bicyclic) bond motifs is 1. The van der Waals surface area contributed by atoms with Crippen LogP contribution >= 0.6 is 11.6 Å². The molecule has 2 aromatic rings. The van der Waals surface area contributed by atoms with Gasteiger partial charge in [0.05, 0.1) is 20.3 Å². The lowest BCUT2D eigenvalue weighted by atomic mass is 9.86. The fourth-order valence-corrected chi connectivity index (χ4v) is 3.41. The molecule has 1 saturated heterocycles. The molecule has 0 spiro atoms. The lowest BCUT2D eigenvalue weighted by Crippen LogP contribution is -2.36. The summed E-state index contributed by atoms with van der Waals surface area (Å²) < 4.78 is 16.4. The van der Waals surface area contributed by atoms with Crippen molar-refractivity contribution in [2.45, 2.75) is 11.9 Å². The number of carbonyl (C=O) groups excluding carboxylic acids is 1. The van der Waals surface area contributed by atoms with Crippen molar-refractivity contribution in [1.82, 2.24) is 0 Å². The third kappa shape index (κ3) is 2.49. The number of aliphatic hydroxyl groups is 1. The molecule has 2 heterocycles.